The van der Waals surface area contributed by atoms with Crippen LogP contribution in [0.5, 0.6) is 5.75 Å². The zero-order valence-electron chi connectivity index (χ0n) is 17.1. The van der Waals surface area contributed by atoms with Gasteiger partial charge in [-0.15, -0.1) is 0 Å². The SMILES string of the molecule is CC/C=C/[C@H]1[C@H]2CCC[C@]1(c1cccc(O)c1)CCN2CCc1ccccc1. The maximum Gasteiger partial charge on any atom is 0.115 e. The second-order valence-electron chi connectivity index (χ2n) is 8.55. The Bertz CT molecular complexity index is 799. The predicted molar refractivity (Wildman–Crippen MR) is 117 cm³/mol. The van der Waals surface area contributed by atoms with Crippen molar-refractivity contribution in [2.24, 2.45) is 5.92 Å². The molecule has 1 heterocycles. The highest BCUT2D eigenvalue weighted by Crippen LogP contribution is 2.52. The summed E-state index contributed by atoms with van der Waals surface area (Å²) in [5, 5.41) is 10.1. The van der Waals surface area contributed by atoms with Gasteiger partial charge in [-0.3, -0.25) is 4.90 Å². The van der Waals surface area contributed by atoms with Gasteiger partial charge >= 0.3 is 0 Å². The van der Waals surface area contributed by atoms with Gasteiger partial charge in [-0.2, -0.15) is 0 Å². The van der Waals surface area contributed by atoms with E-state index in [2.05, 4.69) is 60.4 Å². The molecule has 28 heavy (non-hydrogen) atoms. The average Bonchev–Trinajstić information content (AvgIpc) is 2.72. The van der Waals surface area contributed by atoms with Gasteiger partial charge in [-0.05, 0) is 61.9 Å². The van der Waals surface area contributed by atoms with Crippen molar-refractivity contribution in [1.29, 1.82) is 0 Å². The third-order valence-electron chi connectivity index (χ3n) is 7.02. The molecule has 4 rings (SSSR count). The van der Waals surface area contributed by atoms with Crippen molar-refractivity contribution in [3.05, 3.63) is 77.9 Å². The van der Waals surface area contributed by atoms with E-state index in [1.54, 1.807) is 6.07 Å². The number of allylic oxidation sites excluding steroid dienone is 1. The Labute approximate surface area is 169 Å². The highest BCUT2D eigenvalue weighted by atomic mass is 16.3. The fraction of sp³-hybridized carbons (Fsp3) is 0.462. The Balaban J connectivity index is 1.60. The lowest BCUT2D eigenvalue weighted by molar-refractivity contribution is 0.0113. The third-order valence-corrected chi connectivity index (χ3v) is 7.02. The number of piperidine rings is 1. The van der Waals surface area contributed by atoms with Crippen molar-refractivity contribution >= 4 is 0 Å². The normalized spacial score (nSPS) is 27.9. The molecule has 3 atom stereocenters. The van der Waals surface area contributed by atoms with Gasteiger partial charge in [0.05, 0.1) is 0 Å². The number of likely N-dealkylation sites (tertiary alicyclic amines) is 1. The van der Waals surface area contributed by atoms with Crippen LogP contribution in [0.2, 0.25) is 0 Å². The molecule has 2 nitrogen and oxygen atoms in total. The molecule has 0 unspecified atom stereocenters. The van der Waals surface area contributed by atoms with Gasteiger partial charge in [-0.25, -0.2) is 0 Å². The van der Waals surface area contributed by atoms with E-state index in [9.17, 15) is 5.11 Å². The number of hydrogen-bond donors (Lipinski definition) is 1. The quantitative estimate of drug-likeness (QED) is 0.653. The summed E-state index contributed by atoms with van der Waals surface area (Å²) in [5.41, 5.74) is 2.95. The summed E-state index contributed by atoms with van der Waals surface area (Å²) in [4.78, 5) is 2.75. The lowest BCUT2D eigenvalue weighted by atomic mass is 9.56. The van der Waals surface area contributed by atoms with E-state index in [1.165, 1.54) is 36.8 Å². The van der Waals surface area contributed by atoms with Crippen LogP contribution < -0.4 is 0 Å². The van der Waals surface area contributed by atoms with E-state index in [0.717, 1.165) is 25.9 Å². The number of rotatable bonds is 6. The maximum absolute atomic E-state index is 10.1. The molecule has 0 spiro atoms. The van der Waals surface area contributed by atoms with Gasteiger partial charge in [0.15, 0.2) is 0 Å². The summed E-state index contributed by atoms with van der Waals surface area (Å²) < 4.78 is 0. The van der Waals surface area contributed by atoms with Crippen LogP contribution in [0.3, 0.4) is 0 Å². The van der Waals surface area contributed by atoms with E-state index in [0.29, 0.717) is 17.7 Å². The Morgan fingerprint density at radius 1 is 1.11 bits per heavy atom. The molecule has 2 aromatic carbocycles. The van der Waals surface area contributed by atoms with Crippen molar-refractivity contribution in [3.8, 4) is 5.75 Å². The summed E-state index contributed by atoms with van der Waals surface area (Å²) in [5.74, 6) is 0.936. The minimum Gasteiger partial charge on any atom is -0.508 e. The van der Waals surface area contributed by atoms with Gasteiger partial charge in [0.25, 0.3) is 0 Å². The van der Waals surface area contributed by atoms with Crippen LogP contribution in [-0.4, -0.2) is 29.1 Å². The predicted octanol–water partition coefficient (Wildman–Crippen LogP) is 5.71. The highest BCUT2D eigenvalue weighted by Gasteiger charge is 2.50. The second kappa shape index (κ2) is 8.53. The molecule has 2 aromatic rings. The zero-order valence-corrected chi connectivity index (χ0v) is 17.1. The first-order chi connectivity index (χ1) is 13.7. The summed E-state index contributed by atoms with van der Waals surface area (Å²) >= 11 is 0. The van der Waals surface area contributed by atoms with Gasteiger partial charge < -0.3 is 5.11 Å². The number of nitrogens with zero attached hydrogens (tertiary/aromatic N) is 1. The van der Waals surface area contributed by atoms with Gasteiger partial charge in [-0.1, -0.05) is 68.0 Å². The van der Waals surface area contributed by atoms with Gasteiger partial charge in [0.1, 0.15) is 5.75 Å². The number of fused-ring (bicyclic) bond motifs is 2. The Morgan fingerprint density at radius 2 is 1.96 bits per heavy atom. The average molecular weight is 376 g/mol. The molecule has 2 fully saturated rings. The molecular weight excluding hydrogens is 342 g/mol. The van der Waals surface area contributed by atoms with Crippen LogP contribution in [0.1, 0.15) is 50.2 Å². The molecule has 1 N–H and O–H groups in total. The fourth-order valence-electron chi connectivity index (χ4n) is 5.64. The largest absolute Gasteiger partial charge is 0.508 e. The molecule has 1 saturated carbocycles. The van der Waals surface area contributed by atoms with Crippen LogP contribution in [0.4, 0.5) is 0 Å². The maximum atomic E-state index is 10.1. The number of phenolic OH excluding ortho intramolecular Hbond substituents is 1. The first-order valence-electron chi connectivity index (χ1n) is 11.0. The Kier molecular flexibility index (Phi) is 5.87. The van der Waals surface area contributed by atoms with Crippen LogP contribution in [0, 0.1) is 5.92 Å². The van der Waals surface area contributed by atoms with Crippen LogP contribution in [0.15, 0.2) is 66.7 Å². The van der Waals surface area contributed by atoms with Crippen molar-refractivity contribution in [1.82, 2.24) is 4.90 Å². The molecule has 1 aliphatic heterocycles. The number of aromatic hydroxyl groups is 1. The molecule has 1 aliphatic carbocycles. The molecule has 2 heteroatoms. The monoisotopic (exact) mass is 375 g/mol. The smallest absolute Gasteiger partial charge is 0.115 e. The summed E-state index contributed by atoms with van der Waals surface area (Å²) in [7, 11) is 0. The van der Waals surface area contributed by atoms with E-state index in [4.69, 9.17) is 0 Å². The molecule has 2 bridgehead atoms. The highest BCUT2D eigenvalue weighted by molar-refractivity contribution is 5.37. The molecule has 0 aromatic heterocycles. The molecule has 0 amide bonds. The molecular formula is C26H33NO. The second-order valence-corrected chi connectivity index (χ2v) is 8.55. The number of hydrogen-bond acceptors (Lipinski definition) is 2. The minimum absolute atomic E-state index is 0.177. The number of benzene rings is 2. The van der Waals surface area contributed by atoms with Gasteiger partial charge in [0.2, 0.25) is 0 Å². The van der Waals surface area contributed by atoms with Crippen LogP contribution in [-0.2, 0) is 11.8 Å². The topological polar surface area (TPSA) is 23.5 Å². The lowest BCUT2D eigenvalue weighted by Crippen LogP contribution is -2.58. The van der Waals surface area contributed by atoms with Crippen LogP contribution >= 0.6 is 0 Å². The first-order valence-corrected chi connectivity index (χ1v) is 11.0. The first kappa shape index (κ1) is 19.3. The summed E-state index contributed by atoms with van der Waals surface area (Å²) in [6.45, 7) is 4.52. The van der Waals surface area contributed by atoms with Crippen molar-refractivity contribution < 1.29 is 5.11 Å². The summed E-state index contributed by atoms with van der Waals surface area (Å²) in [6, 6.07) is 19.6. The Morgan fingerprint density at radius 3 is 2.75 bits per heavy atom. The number of phenols is 1. The lowest BCUT2D eigenvalue weighted by Gasteiger charge is -2.56. The standard InChI is InChI=1S/C26H33NO/c1-2-3-13-24-25-14-8-16-26(24,22-11-7-12-23(28)20-22)17-19-27(25)18-15-21-9-5-4-6-10-21/h3-7,9-13,20,24-25,28H,2,8,14-19H2,1H3/b13-3+/t24-,25+,26+/m0/s1. The van der Waals surface area contributed by atoms with Crippen molar-refractivity contribution in [2.45, 2.75) is 56.9 Å². The molecule has 148 valence electrons. The van der Waals surface area contributed by atoms with Crippen molar-refractivity contribution in [2.75, 3.05) is 13.1 Å². The Hall–Kier alpha value is -2.06. The van der Waals surface area contributed by atoms with Crippen LogP contribution in [0.25, 0.3) is 0 Å². The van der Waals surface area contributed by atoms with E-state index in [1.807, 2.05) is 12.1 Å². The minimum atomic E-state index is 0.177. The molecule has 1 saturated heterocycles. The van der Waals surface area contributed by atoms with Gasteiger partial charge in [0, 0.05) is 23.9 Å². The summed E-state index contributed by atoms with van der Waals surface area (Å²) in [6.07, 6.45) is 12.1. The zero-order chi connectivity index (χ0) is 19.4. The van der Waals surface area contributed by atoms with E-state index >= 15 is 0 Å². The fourth-order valence-corrected chi connectivity index (χ4v) is 5.64. The van der Waals surface area contributed by atoms with E-state index in [-0.39, 0.29) is 5.41 Å². The van der Waals surface area contributed by atoms with Crippen molar-refractivity contribution in [3.63, 3.8) is 0 Å². The molecule has 2 aliphatic rings. The molecule has 0 radical (unpaired) electrons. The third kappa shape index (κ3) is 3.75. The van der Waals surface area contributed by atoms with E-state index < -0.39 is 0 Å².